The van der Waals surface area contributed by atoms with Gasteiger partial charge in [-0.25, -0.2) is 22.0 Å². The van der Waals surface area contributed by atoms with Gasteiger partial charge < -0.3 is 4.74 Å². The number of hydrogen-bond donors (Lipinski definition) is 0. The number of unbranched alkanes of at least 4 members (excludes halogenated alkanes) is 4. The monoisotopic (exact) mass is 422 g/mol. The molecule has 0 saturated carbocycles. The fraction of sp³-hybridized carbons (Fsp3) is 0.333. The van der Waals surface area contributed by atoms with Gasteiger partial charge in [-0.3, -0.25) is 0 Å². The molecule has 3 aromatic rings. The van der Waals surface area contributed by atoms with Gasteiger partial charge in [-0.05, 0) is 60.2 Å². The van der Waals surface area contributed by atoms with Gasteiger partial charge in [0.05, 0.1) is 5.56 Å². The van der Waals surface area contributed by atoms with Crippen molar-refractivity contribution in [2.75, 3.05) is 0 Å². The molecule has 0 aliphatic rings. The molecule has 3 aromatic carbocycles. The summed E-state index contributed by atoms with van der Waals surface area (Å²) < 4.78 is 74.7. The average molecular weight is 422 g/mol. The van der Waals surface area contributed by atoms with Crippen LogP contribution in [-0.4, -0.2) is 0 Å². The molecule has 1 nitrogen and oxygen atoms in total. The fourth-order valence-electron chi connectivity index (χ4n) is 3.40. The first-order valence-electron chi connectivity index (χ1n) is 10.1. The van der Waals surface area contributed by atoms with Crippen LogP contribution in [0.4, 0.5) is 22.0 Å². The Morgan fingerprint density at radius 2 is 1.43 bits per heavy atom. The summed E-state index contributed by atoms with van der Waals surface area (Å²) in [5.41, 5.74) is 0.380. The highest BCUT2D eigenvalue weighted by Gasteiger charge is 2.15. The zero-order valence-corrected chi connectivity index (χ0v) is 16.7. The molecule has 0 aromatic heterocycles. The minimum atomic E-state index is -1.55. The second-order valence-corrected chi connectivity index (χ2v) is 7.36. The van der Waals surface area contributed by atoms with Crippen LogP contribution in [0.5, 0.6) is 5.75 Å². The minimum absolute atomic E-state index is 0.0864. The van der Waals surface area contributed by atoms with E-state index in [-0.39, 0.29) is 28.7 Å². The quantitative estimate of drug-likeness (QED) is 0.196. The van der Waals surface area contributed by atoms with Crippen LogP contribution in [-0.2, 0) is 13.0 Å². The number of hydrogen-bond acceptors (Lipinski definition) is 1. The van der Waals surface area contributed by atoms with Crippen LogP contribution in [0.15, 0.2) is 36.4 Å². The second-order valence-electron chi connectivity index (χ2n) is 7.36. The third-order valence-corrected chi connectivity index (χ3v) is 5.10. The number of aryl methyl sites for hydroxylation is 1. The summed E-state index contributed by atoms with van der Waals surface area (Å²) in [6, 6.07) is 7.34. The second kappa shape index (κ2) is 9.92. The van der Waals surface area contributed by atoms with Crippen molar-refractivity contribution in [2.24, 2.45) is 0 Å². The number of rotatable bonds is 9. The summed E-state index contributed by atoms with van der Waals surface area (Å²) in [5.74, 6) is -5.40. The largest absolute Gasteiger partial charge is 0.489 e. The maximum atomic E-state index is 14.4. The molecule has 0 spiro atoms. The lowest BCUT2D eigenvalue weighted by atomic mass is 10.0. The Balaban J connectivity index is 1.68. The molecule has 0 radical (unpaired) electrons. The van der Waals surface area contributed by atoms with Gasteiger partial charge in [0.2, 0.25) is 0 Å². The highest BCUT2D eigenvalue weighted by molar-refractivity contribution is 5.84. The summed E-state index contributed by atoms with van der Waals surface area (Å²) >= 11 is 0. The molecule has 0 aliphatic heterocycles. The number of benzene rings is 3. The number of halogens is 5. The van der Waals surface area contributed by atoms with E-state index < -0.39 is 29.1 Å². The van der Waals surface area contributed by atoms with Crippen LogP contribution in [0.3, 0.4) is 0 Å². The lowest BCUT2D eigenvalue weighted by Gasteiger charge is -2.11. The standard InChI is InChI=1S/C24H23F5O/c1-2-3-4-5-6-7-15-10-20(25)19(21(26)11-15)14-30-17-8-9-18-16(12-17)13-22(27)24(29)23(18)28/h8-13H,2-7,14H2,1H3. The zero-order valence-electron chi connectivity index (χ0n) is 16.7. The van der Waals surface area contributed by atoms with Gasteiger partial charge in [0, 0.05) is 5.39 Å². The highest BCUT2D eigenvalue weighted by Crippen LogP contribution is 2.27. The van der Waals surface area contributed by atoms with E-state index >= 15 is 0 Å². The molecule has 0 fully saturated rings. The SMILES string of the molecule is CCCCCCCc1cc(F)c(COc2ccc3c(F)c(F)c(F)cc3c2)c(F)c1. The molecule has 0 unspecified atom stereocenters. The third kappa shape index (κ3) is 5.10. The van der Waals surface area contributed by atoms with Crippen molar-refractivity contribution in [2.45, 2.75) is 52.1 Å². The Labute approximate surface area is 172 Å². The van der Waals surface area contributed by atoms with Crippen molar-refractivity contribution < 1.29 is 26.7 Å². The van der Waals surface area contributed by atoms with E-state index in [1.807, 2.05) is 0 Å². The first kappa shape index (κ1) is 22.1. The molecular formula is C24H23F5O. The summed E-state index contributed by atoms with van der Waals surface area (Å²) in [4.78, 5) is 0. The van der Waals surface area contributed by atoms with Crippen LogP contribution >= 0.6 is 0 Å². The topological polar surface area (TPSA) is 9.23 Å². The summed E-state index contributed by atoms with van der Waals surface area (Å²) in [5, 5.41) is -0.0230. The lowest BCUT2D eigenvalue weighted by molar-refractivity contribution is 0.292. The molecule has 0 bridgehead atoms. The van der Waals surface area contributed by atoms with Gasteiger partial charge in [0.1, 0.15) is 24.0 Å². The van der Waals surface area contributed by atoms with Gasteiger partial charge in [-0.15, -0.1) is 0 Å². The molecule has 0 aliphatic carbocycles. The van der Waals surface area contributed by atoms with Crippen LogP contribution < -0.4 is 4.74 Å². The van der Waals surface area contributed by atoms with E-state index in [0.29, 0.717) is 12.0 Å². The average Bonchev–Trinajstić information content (AvgIpc) is 2.71. The zero-order chi connectivity index (χ0) is 21.7. The van der Waals surface area contributed by atoms with Crippen LogP contribution in [0.1, 0.15) is 50.2 Å². The summed E-state index contributed by atoms with van der Waals surface area (Å²) in [7, 11) is 0. The van der Waals surface area contributed by atoms with Crippen LogP contribution in [0, 0.1) is 29.1 Å². The van der Waals surface area contributed by atoms with E-state index in [4.69, 9.17) is 4.74 Å². The molecule has 0 heterocycles. The summed E-state index contributed by atoms with van der Waals surface area (Å²) in [6.07, 6.45) is 5.91. The predicted octanol–water partition coefficient (Wildman–Crippen LogP) is 7.63. The van der Waals surface area contributed by atoms with Crippen molar-refractivity contribution in [3.63, 3.8) is 0 Å². The lowest BCUT2D eigenvalue weighted by Crippen LogP contribution is -2.04. The highest BCUT2D eigenvalue weighted by atomic mass is 19.2. The normalized spacial score (nSPS) is 11.3. The van der Waals surface area contributed by atoms with Crippen molar-refractivity contribution in [3.8, 4) is 5.75 Å². The smallest absolute Gasteiger partial charge is 0.195 e. The van der Waals surface area contributed by atoms with Crippen molar-refractivity contribution in [1.82, 2.24) is 0 Å². The molecule has 0 N–H and O–H groups in total. The maximum absolute atomic E-state index is 14.4. The van der Waals surface area contributed by atoms with Gasteiger partial charge in [-0.1, -0.05) is 32.6 Å². The van der Waals surface area contributed by atoms with Crippen LogP contribution in [0.25, 0.3) is 10.8 Å². The van der Waals surface area contributed by atoms with Crippen molar-refractivity contribution >= 4 is 10.8 Å². The van der Waals surface area contributed by atoms with Gasteiger partial charge in [0.25, 0.3) is 0 Å². The van der Waals surface area contributed by atoms with Gasteiger partial charge in [-0.2, -0.15) is 0 Å². The fourth-order valence-corrected chi connectivity index (χ4v) is 3.40. The van der Waals surface area contributed by atoms with E-state index in [0.717, 1.165) is 38.2 Å². The molecule has 0 saturated heterocycles. The number of ether oxygens (including phenoxy) is 1. The van der Waals surface area contributed by atoms with E-state index in [1.54, 1.807) is 0 Å². The summed E-state index contributed by atoms with van der Waals surface area (Å²) in [6.45, 7) is 1.74. The van der Waals surface area contributed by atoms with Gasteiger partial charge in [0.15, 0.2) is 17.5 Å². The van der Waals surface area contributed by atoms with E-state index in [1.165, 1.54) is 30.3 Å². The minimum Gasteiger partial charge on any atom is -0.489 e. The van der Waals surface area contributed by atoms with E-state index in [2.05, 4.69) is 6.92 Å². The van der Waals surface area contributed by atoms with Gasteiger partial charge >= 0.3 is 0 Å². The molecule has 6 heteroatoms. The first-order valence-corrected chi connectivity index (χ1v) is 10.1. The molecule has 0 amide bonds. The molecule has 160 valence electrons. The Morgan fingerprint density at radius 3 is 2.13 bits per heavy atom. The molecule has 3 rings (SSSR count). The maximum Gasteiger partial charge on any atom is 0.195 e. The van der Waals surface area contributed by atoms with Crippen molar-refractivity contribution in [1.29, 1.82) is 0 Å². The Kier molecular flexibility index (Phi) is 7.29. The Hall–Kier alpha value is -2.63. The Morgan fingerprint density at radius 1 is 0.733 bits per heavy atom. The van der Waals surface area contributed by atoms with Crippen LogP contribution in [0.2, 0.25) is 0 Å². The molecular weight excluding hydrogens is 399 g/mol. The first-order chi connectivity index (χ1) is 14.4. The number of fused-ring (bicyclic) bond motifs is 1. The Bertz CT molecular complexity index is 1010. The van der Waals surface area contributed by atoms with E-state index in [9.17, 15) is 22.0 Å². The molecule has 0 atom stereocenters. The van der Waals surface area contributed by atoms with Crippen molar-refractivity contribution in [3.05, 3.63) is 76.6 Å². The predicted molar refractivity (Wildman–Crippen MR) is 107 cm³/mol. The third-order valence-electron chi connectivity index (χ3n) is 5.10. The molecule has 30 heavy (non-hydrogen) atoms.